The number of anilines is 2. The molecule has 146 valence electrons. The summed E-state index contributed by atoms with van der Waals surface area (Å²) in [4.78, 5) is 28.3. The van der Waals surface area contributed by atoms with Gasteiger partial charge in [-0.15, -0.1) is 0 Å². The van der Waals surface area contributed by atoms with Crippen molar-refractivity contribution in [1.82, 2.24) is 0 Å². The Morgan fingerprint density at radius 3 is 2.52 bits per heavy atom. The summed E-state index contributed by atoms with van der Waals surface area (Å²) in [5, 5.41) is 3.03. The topological polar surface area (TPSA) is 53.3 Å². The summed E-state index contributed by atoms with van der Waals surface area (Å²) in [5.41, 5.74) is 5.36. The van der Waals surface area contributed by atoms with Crippen LogP contribution in [0.3, 0.4) is 0 Å². The highest BCUT2D eigenvalue weighted by Crippen LogP contribution is 2.32. The molecule has 2 aromatic carbocycles. The van der Waals surface area contributed by atoms with Crippen molar-refractivity contribution in [2.75, 3.05) is 10.2 Å². The number of carbonyl (C=O) groups excluding carboxylic acids is 2. The number of fused-ring (bicyclic) bond motifs is 1. The fourth-order valence-electron chi connectivity index (χ4n) is 3.89. The number of nitrogens with zero attached hydrogens (tertiary/aromatic N) is 2. The van der Waals surface area contributed by atoms with Gasteiger partial charge in [0.15, 0.2) is 6.20 Å². The molecule has 1 aromatic heterocycles. The zero-order chi connectivity index (χ0) is 20.5. The smallest absolute Gasteiger partial charge is 0.294 e. The van der Waals surface area contributed by atoms with E-state index in [0.29, 0.717) is 0 Å². The molecule has 0 aliphatic carbocycles. The summed E-state index contributed by atoms with van der Waals surface area (Å²) >= 11 is 0. The lowest BCUT2D eigenvalue weighted by molar-refractivity contribution is -0.695. The molecule has 1 atom stereocenters. The monoisotopic (exact) mass is 386 g/mol. The van der Waals surface area contributed by atoms with Crippen molar-refractivity contribution in [2.24, 2.45) is 0 Å². The Bertz CT molecular complexity index is 1110. The van der Waals surface area contributed by atoms with E-state index in [1.165, 1.54) is 0 Å². The fraction of sp³-hybridized carbons (Fsp3) is 0.208. The Morgan fingerprint density at radius 2 is 1.76 bits per heavy atom. The second kappa shape index (κ2) is 7.51. The van der Waals surface area contributed by atoms with Crippen LogP contribution in [-0.4, -0.2) is 11.8 Å². The number of amides is 2. The van der Waals surface area contributed by atoms with Crippen LogP contribution in [0.4, 0.5) is 11.4 Å². The quantitative estimate of drug-likeness (QED) is 0.699. The molecule has 0 bridgehead atoms. The lowest BCUT2D eigenvalue weighted by atomic mass is 10.0. The summed E-state index contributed by atoms with van der Waals surface area (Å²) < 4.78 is 1.85. The van der Waals surface area contributed by atoms with Crippen molar-refractivity contribution < 1.29 is 14.2 Å². The van der Waals surface area contributed by atoms with Crippen LogP contribution < -0.4 is 14.8 Å². The maximum atomic E-state index is 13.5. The minimum Gasteiger partial charge on any atom is -0.324 e. The van der Waals surface area contributed by atoms with Crippen LogP contribution in [0, 0.1) is 20.8 Å². The van der Waals surface area contributed by atoms with Gasteiger partial charge in [-0.25, -0.2) is 0 Å². The molecular weight excluding hydrogens is 362 g/mol. The summed E-state index contributed by atoms with van der Waals surface area (Å²) in [7, 11) is 0. The third-order valence-electron chi connectivity index (χ3n) is 5.35. The number of nitrogens with one attached hydrogen (secondary N) is 1. The maximum Gasteiger partial charge on any atom is 0.294 e. The zero-order valence-electron chi connectivity index (χ0n) is 16.8. The number of para-hydroxylation sites is 1. The molecule has 29 heavy (non-hydrogen) atoms. The molecule has 1 aliphatic heterocycles. The van der Waals surface area contributed by atoms with E-state index in [0.717, 1.165) is 33.8 Å². The van der Waals surface area contributed by atoms with Crippen molar-refractivity contribution in [2.45, 2.75) is 33.4 Å². The van der Waals surface area contributed by atoms with E-state index in [9.17, 15) is 9.59 Å². The number of pyridine rings is 1. The molecule has 5 heteroatoms. The molecule has 1 N–H and O–H groups in total. The van der Waals surface area contributed by atoms with Gasteiger partial charge in [-0.05, 0) is 44.0 Å². The van der Waals surface area contributed by atoms with Gasteiger partial charge < -0.3 is 5.32 Å². The molecule has 3 aromatic rings. The molecule has 2 heterocycles. The van der Waals surface area contributed by atoms with E-state index in [4.69, 9.17) is 0 Å². The Hall–Kier alpha value is -3.47. The average Bonchev–Trinajstić information content (AvgIpc) is 2.69. The number of benzene rings is 2. The Labute approximate surface area is 170 Å². The molecule has 0 saturated heterocycles. The van der Waals surface area contributed by atoms with Gasteiger partial charge in [-0.2, -0.15) is 4.57 Å². The van der Waals surface area contributed by atoms with Crippen LogP contribution in [-0.2, 0) is 16.1 Å². The molecule has 2 amide bonds. The first-order valence-electron chi connectivity index (χ1n) is 9.70. The first-order valence-corrected chi connectivity index (χ1v) is 9.70. The van der Waals surface area contributed by atoms with Gasteiger partial charge >= 0.3 is 0 Å². The molecule has 0 radical (unpaired) electrons. The first kappa shape index (κ1) is 18.9. The van der Waals surface area contributed by atoms with Crippen LogP contribution in [0.1, 0.15) is 28.4 Å². The third-order valence-corrected chi connectivity index (χ3v) is 5.35. The molecule has 1 aliphatic rings. The predicted octanol–water partition coefficient (Wildman–Crippen LogP) is 3.63. The number of hydrogen-bond acceptors (Lipinski definition) is 2. The average molecular weight is 386 g/mol. The molecule has 0 unspecified atom stereocenters. The standard InChI is InChI=1S/C24H23N3O2/c1-16-11-12-20(18(3)14-16)27-22(28)15-26-13-7-6-10-21(26)23(27)24(29)25-19-9-5-4-8-17(19)2/h4-14,23H,15H2,1-3H3/p+1/t23-/m0/s1. The predicted molar refractivity (Wildman–Crippen MR) is 113 cm³/mol. The first-order chi connectivity index (χ1) is 14.0. The normalized spacial score (nSPS) is 15.8. The molecular formula is C24H24N3O2+. The number of carbonyl (C=O) groups is 2. The van der Waals surface area contributed by atoms with E-state index in [2.05, 4.69) is 5.32 Å². The Morgan fingerprint density at radius 1 is 1.00 bits per heavy atom. The van der Waals surface area contributed by atoms with Crippen molar-refractivity contribution in [3.63, 3.8) is 0 Å². The summed E-state index contributed by atoms with van der Waals surface area (Å²) in [6.45, 7) is 6.14. The molecule has 4 rings (SSSR count). The van der Waals surface area contributed by atoms with E-state index in [1.807, 2.05) is 92.2 Å². The van der Waals surface area contributed by atoms with Crippen LogP contribution in [0.25, 0.3) is 0 Å². The number of aromatic nitrogens is 1. The maximum absolute atomic E-state index is 13.5. The van der Waals surface area contributed by atoms with Crippen LogP contribution in [0.15, 0.2) is 66.9 Å². The molecule has 5 nitrogen and oxygen atoms in total. The van der Waals surface area contributed by atoms with Gasteiger partial charge in [0, 0.05) is 23.5 Å². The number of hydrogen-bond donors (Lipinski definition) is 1. The molecule has 0 spiro atoms. The molecule has 0 fully saturated rings. The van der Waals surface area contributed by atoms with Crippen LogP contribution in [0.2, 0.25) is 0 Å². The third kappa shape index (κ3) is 3.51. The van der Waals surface area contributed by atoms with Crippen molar-refractivity contribution >= 4 is 23.2 Å². The minimum absolute atomic E-state index is 0.106. The fourth-order valence-corrected chi connectivity index (χ4v) is 3.89. The van der Waals surface area contributed by atoms with Gasteiger partial charge in [0.2, 0.25) is 18.3 Å². The van der Waals surface area contributed by atoms with Crippen molar-refractivity contribution in [1.29, 1.82) is 0 Å². The zero-order valence-corrected chi connectivity index (χ0v) is 16.8. The summed E-state index contributed by atoms with van der Waals surface area (Å²) in [5.74, 6) is -0.335. The van der Waals surface area contributed by atoms with Gasteiger partial charge in [-0.1, -0.05) is 42.0 Å². The highest BCUT2D eigenvalue weighted by molar-refractivity contribution is 6.06. The largest absolute Gasteiger partial charge is 0.324 e. The van der Waals surface area contributed by atoms with Crippen molar-refractivity contribution in [3.8, 4) is 0 Å². The van der Waals surface area contributed by atoms with E-state index in [-0.39, 0.29) is 18.4 Å². The lowest BCUT2D eigenvalue weighted by Crippen LogP contribution is -2.58. The van der Waals surface area contributed by atoms with E-state index >= 15 is 0 Å². The van der Waals surface area contributed by atoms with Crippen molar-refractivity contribution in [3.05, 3.63) is 89.2 Å². The highest BCUT2D eigenvalue weighted by Gasteiger charge is 2.44. The Balaban J connectivity index is 1.82. The second-order valence-electron chi connectivity index (χ2n) is 7.51. The van der Waals surface area contributed by atoms with E-state index < -0.39 is 6.04 Å². The van der Waals surface area contributed by atoms with E-state index in [1.54, 1.807) is 4.90 Å². The lowest BCUT2D eigenvalue weighted by Gasteiger charge is -2.33. The highest BCUT2D eigenvalue weighted by atomic mass is 16.2. The van der Waals surface area contributed by atoms with Gasteiger partial charge in [0.25, 0.3) is 11.8 Å². The van der Waals surface area contributed by atoms with Gasteiger partial charge in [-0.3, -0.25) is 14.5 Å². The summed E-state index contributed by atoms with van der Waals surface area (Å²) in [6.07, 6.45) is 1.85. The minimum atomic E-state index is -0.751. The SMILES string of the molecule is Cc1ccc(N2C(=O)C[n+]3ccccc3[C@H]2C(=O)Nc2ccccc2C)c(C)c1. The van der Waals surface area contributed by atoms with Crippen LogP contribution >= 0.6 is 0 Å². The van der Waals surface area contributed by atoms with Gasteiger partial charge in [0.05, 0.1) is 0 Å². The van der Waals surface area contributed by atoms with Crippen LogP contribution in [0.5, 0.6) is 0 Å². The van der Waals surface area contributed by atoms with Gasteiger partial charge in [0.1, 0.15) is 0 Å². The number of aryl methyl sites for hydroxylation is 3. The second-order valence-corrected chi connectivity index (χ2v) is 7.51. The Kier molecular flexibility index (Phi) is 4.89. The number of rotatable bonds is 3. The molecule has 0 saturated carbocycles. The summed E-state index contributed by atoms with van der Waals surface area (Å²) in [6, 6.07) is 18.5.